The normalized spacial score (nSPS) is 20.7. The van der Waals surface area contributed by atoms with Crippen molar-refractivity contribution in [2.75, 3.05) is 6.54 Å². The number of benzene rings is 1. The first-order valence-electron chi connectivity index (χ1n) is 8.98. The number of esters is 2. The van der Waals surface area contributed by atoms with E-state index < -0.39 is 55.7 Å². The third kappa shape index (κ3) is 5.10. The van der Waals surface area contributed by atoms with Crippen LogP contribution < -0.4 is 0 Å². The van der Waals surface area contributed by atoms with Gasteiger partial charge in [-0.3, -0.25) is 19.7 Å². The van der Waals surface area contributed by atoms with Crippen molar-refractivity contribution in [3.63, 3.8) is 0 Å². The molecule has 11 heteroatoms. The van der Waals surface area contributed by atoms with Gasteiger partial charge in [-0.05, 0) is 18.6 Å². The fourth-order valence-corrected chi connectivity index (χ4v) is 4.89. The van der Waals surface area contributed by atoms with Gasteiger partial charge in [0.05, 0.1) is 11.0 Å². The van der Waals surface area contributed by atoms with Gasteiger partial charge in [0.2, 0.25) is 0 Å². The van der Waals surface area contributed by atoms with E-state index in [1.54, 1.807) is 0 Å². The maximum absolute atomic E-state index is 13.4. The van der Waals surface area contributed by atoms with E-state index in [2.05, 4.69) is 6.58 Å². The van der Waals surface area contributed by atoms with Crippen molar-refractivity contribution < 1.29 is 32.4 Å². The monoisotopic (exact) mass is 438 g/mol. The molecule has 0 radical (unpaired) electrons. The largest absolute Gasteiger partial charge is 0.456 e. The predicted molar refractivity (Wildman–Crippen MR) is 106 cm³/mol. The standard InChI is InChI=1S/C19H22N2O8S/c1-4-5-12-20(30(26,27)18-9-7-6-8-15(18)21(24)25)16-10-11-17(28-13(2)22)19(16)29-14(3)23/h4,6-11,16-17,19H,1,5,12H2,2-3H3/t16-,17-,19+/m1/s1. The lowest BCUT2D eigenvalue weighted by Crippen LogP contribution is -2.49. The van der Waals surface area contributed by atoms with E-state index in [1.807, 2.05) is 0 Å². The topological polar surface area (TPSA) is 133 Å². The highest BCUT2D eigenvalue weighted by atomic mass is 32.2. The van der Waals surface area contributed by atoms with Gasteiger partial charge in [0.1, 0.15) is 0 Å². The maximum atomic E-state index is 13.4. The van der Waals surface area contributed by atoms with Crippen LogP contribution in [0.15, 0.2) is 54.0 Å². The third-order valence-electron chi connectivity index (χ3n) is 4.30. The average molecular weight is 438 g/mol. The number of nitro groups is 1. The Labute approximate surface area is 174 Å². The average Bonchev–Trinajstić information content (AvgIpc) is 3.02. The Bertz CT molecular complexity index is 973. The zero-order chi connectivity index (χ0) is 22.5. The summed E-state index contributed by atoms with van der Waals surface area (Å²) in [7, 11) is -4.39. The minimum atomic E-state index is -4.39. The zero-order valence-electron chi connectivity index (χ0n) is 16.5. The van der Waals surface area contributed by atoms with E-state index in [1.165, 1.54) is 37.3 Å². The molecule has 1 aromatic rings. The molecule has 0 N–H and O–H groups in total. The van der Waals surface area contributed by atoms with Crippen LogP contribution in [0.2, 0.25) is 0 Å². The fourth-order valence-electron chi connectivity index (χ4n) is 3.12. The molecular weight excluding hydrogens is 416 g/mol. The van der Waals surface area contributed by atoms with Gasteiger partial charge < -0.3 is 9.47 Å². The Kier molecular flexibility index (Phi) is 7.46. The molecule has 10 nitrogen and oxygen atoms in total. The molecule has 162 valence electrons. The molecule has 1 aliphatic carbocycles. The third-order valence-corrected chi connectivity index (χ3v) is 6.24. The van der Waals surface area contributed by atoms with E-state index in [4.69, 9.17) is 9.47 Å². The molecule has 3 atom stereocenters. The fraction of sp³-hybridized carbons (Fsp3) is 0.368. The van der Waals surface area contributed by atoms with Crippen molar-refractivity contribution in [3.05, 3.63) is 59.2 Å². The summed E-state index contributed by atoms with van der Waals surface area (Å²) in [6.07, 6.45) is 2.45. The number of carbonyl (C=O) groups is 2. The highest BCUT2D eigenvalue weighted by Crippen LogP contribution is 2.32. The Morgan fingerprint density at radius 2 is 1.83 bits per heavy atom. The van der Waals surface area contributed by atoms with Crippen LogP contribution in [0, 0.1) is 10.1 Å². The van der Waals surface area contributed by atoms with Crippen LogP contribution in [-0.4, -0.2) is 54.4 Å². The van der Waals surface area contributed by atoms with Crippen molar-refractivity contribution >= 4 is 27.6 Å². The zero-order valence-corrected chi connectivity index (χ0v) is 17.3. The number of carbonyl (C=O) groups excluding carboxylic acids is 2. The lowest BCUT2D eigenvalue weighted by atomic mass is 10.1. The summed E-state index contributed by atoms with van der Waals surface area (Å²) in [5, 5.41) is 11.4. The number of sulfonamides is 1. The molecule has 30 heavy (non-hydrogen) atoms. The summed E-state index contributed by atoms with van der Waals surface area (Å²) in [6.45, 7) is 5.81. The quantitative estimate of drug-likeness (QED) is 0.247. The SMILES string of the molecule is C=CCCN([C@@H]1C=C[C@@H](OC(C)=O)[C@H]1OC(C)=O)S(=O)(=O)c1ccccc1[N+](=O)[O-]. The van der Waals surface area contributed by atoms with Gasteiger partial charge in [0.15, 0.2) is 17.1 Å². The van der Waals surface area contributed by atoms with Gasteiger partial charge in [-0.25, -0.2) is 8.42 Å². The van der Waals surface area contributed by atoms with E-state index in [0.29, 0.717) is 0 Å². The number of nitrogens with zero attached hydrogens (tertiary/aromatic N) is 2. The molecule has 2 rings (SSSR count). The van der Waals surface area contributed by atoms with Crippen LogP contribution in [0.4, 0.5) is 5.69 Å². The molecule has 0 spiro atoms. The first-order valence-corrected chi connectivity index (χ1v) is 10.4. The van der Waals surface area contributed by atoms with Crippen molar-refractivity contribution in [2.24, 2.45) is 0 Å². The molecule has 1 aliphatic rings. The van der Waals surface area contributed by atoms with Crippen molar-refractivity contribution in [1.29, 1.82) is 0 Å². The molecule has 1 aromatic carbocycles. The molecule has 0 aromatic heterocycles. The first-order chi connectivity index (χ1) is 14.1. The smallest absolute Gasteiger partial charge is 0.303 e. The van der Waals surface area contributed by atoms with Crippen molar-refractivity contribution in [2.45, 2.75) is 43.4 Å². The van der Waals surface area contributed by atoms with Crippen LogP contribution in [0.5, 0.6) is 0 Å². The molecular formula is C19H22N2O8S. The second kappa shape index (κ2) is 9.63. The Hall–Kier alpha value is -3.05. The van der Waals surface area contributed by atoms with Crippen molar-refractivity contribution in [1.82, 2.24) is 4.31 Å². The first kappa shape index (κ1) is 23.2. The van der Waals surface area contributed by atoms with Crippen LogP contribution in [0.25, 0.3) is 0 Å². The van der Waals surface area contributed by atoms with Gasteiger partial charge in [0, 0.05) is 26.5 Å². The van der Waals surface area contributed by atoms with Crippen LogP contribution >= 0.6 is 0 Å². The van der Waals surface area contributed by atoms with Gasteiger partial charge in [-0.1, -0.05) is 24.3 Å². The summed E-state index contributed by atoms with van der Waals surface area (Å²) < 4.78 is 38.2. The van der Waals surface area contributed by atoms with E-state index in [0.717, 1.165) is 23.4 Å². The van der Waals surface area contributed by atoms with Crippen LogP contribution in [0.1, 0.15) is 20.3 Å². The number of ether oxygens (including phenoxy) is 2. The molecule has 0 saturated carbocycles. The number of rotatable bonds is 9. The molecule has 0 heterocycles. The van der Waals surface area contributed by atoms with Gasteiger partial charge in [-0.15, -0.1) is 6.58 Å². The van der Waals surface area contributed by atoms with E-state index in [9.17, 15) is 28.1 Å². The second-order valence-corrected chi connectivity index (χ2v) is 8.30. The lowest BCUT2D eigenvalue weighted by molar-refractivity contribution is -0.387. The number of hydrogen-bond donors (Lipinski definition) is 0. The predicted octanol–water partition coefficient (Wildman–Crippen LogP) is 1.96. The van der Waals surface area contributed by atoms with Gasteiger partial charge in [-0.2, -0.15) is 4.31 Å². The van der Waals surface area contributed by atoms with Crippen LogP contribution in [0.3, 0.4) is 0 Å². The number of hydrogen-bond acceptors (Lipinski definition) is 8. The highest BCUT2D eigenvalue weighted by molar-refractivity contribution is 7.89. The lowest BCUT2D eigenvalue weighted by Gasteiger charge is -2.32. The summed E-state index contributed by atoms with van der Waals surface area (Å²) in [6, 6.07) is 3.93. The molecule has 0 fully saturated rings. The Morgan fingerprint density at radius 1 is 1.20 bits per heavy atom. The minimum absolute atomic E-state index is 0.0859. The Morgan fingerprint density at radius 3 is 2.40 bits per heavy atom. The van der Waals surface area contributed by atoms with Crippen LogP contribution in [-0.2, 0) is 29.1 Å². The Balaban J connectivity index is 2.54. The highest BCUT2D eigenvalue weighted by Gasteiger charge is 2.45. The van der Waals surface area contributed by atoms with Gasteiger partial charge in [0.25, 0.3) is 15.7 Å². The summed E-state index contributed by atoms with van der Waals surface area (Å²) in [4.78, 5) is 33.1. The molecule has 0 aliphatic heterocycles. The second-order valence-electron chi connectivity index (χ2n) is 6.44. The summed E-state index contributed by atoms with van der Waals surface area (Å²) in [5.41, 5.74) is -0.580. The van der Waals surface area contributed by atoms with Gasteiger partial charge >= 0.3 is 11.9 Å². The summed E-state index contributed by atoms with van der Waals surface area (Å²) in [5.74, 6) is -1.33. The van der Waals surface area contributed by atoms with E-state index in [-0.39, 0.29) is 13.0 Å². The maximum Gasteiger partial charge on any atom is 0.303 e. The molecule has 0 amide bonds. The number of nitro benzene ring substituents is 1. The molecule has 0 saturated heterocycles. The van der Waals surface area contributed by atoms with Crippen molar-refractivity contribution in [3.8, 4) is 0 Å². The minimum Gasteiger partial charge on any atom is -0.456 e. The summed E-state index contributed by atoms with van der Waals surface area (Å²) >= 11 is 0. The molecule has 0 bridgehead atoms. The number of para-hydroxylation sites is 1. The van der Waals surface area contributed by atoms with E-state index >= 15 is 0 Å². The molecule has 0 unspecified atom stereocenters.